The Labute approximate surface area is 173 Å². The van der Waals surface area contributed by atoms with E-state index in [2.05, 4.69) is 0 Å². The van der Waals surface area contributed by atoms with Crippen LogP contribution in [0.2, 0.25) is 0 Å². The van der Waals surface area contributed by atoms with Crippen molar-refractivity contribution in [2.45, 2.75) is 18.9 Å². The summed E-state index contributed by atoms with van der Waals surface area (Å²) in [6, 6.07) is 19.8. The fourth-order valence-electron chi connectivity index (χ4n) is 3.90. The van der Waals surface area contributed by atoms with Gasteiger partial charge in [0.15, 0.2) is 0 Å². The number of hydrogen-bond acceptors (Lipinski definition) is 2. The molecule has 0 bridgehead atoms. The van der Waals surface area contributed by atoms with Crippen molar-refractivity contribution < 1.29 is 18.4 Å². The number of amides is 2. The van der Waals surface area contributed by atoms with Crippen molar-refractivity contribution in [3.05, 3.63) is 83.9 Å². The summed E-state index contributed by atoms with van der Waals surface area (Å²) in [5.41, 5.74) is 0.229. The molecule has 1 unspecified atom stereocenters. The van der Waals surface area contributed by atoms with Gasteiger partial charge in [0, 0.05) is 36.8 Å². The Hall–Kier alpha value is -3.28. The van der Waals surface area contributed by atoms with Gasteiger partial charge < -0.3 is 9.80 Å². The molecule has 30 heavy (non-hydrogen) atoms. The van der Waals surface area contributed by atoms with Crippen LogP contribution in [0.25, 0.3) is 10.8 Å². The van der Waals surface area contributed by atoms with E-state index < -0.39 is 17.9 Å². The van der Waals surface area contributed by atoms with E-state index in [1.807, 2.05) is 18.2 Å². The number of piperazine rings is 1. The number of fused-ring (bicyclic) bond motifs is 1. The molecule has 4 rings (SSSR count). The van der Waals surface area contributed by atoms with Crippen molar-refractivity contribution >= 4 is 22.6 Å². The molecule has 4 nitrogen and oxygen atoms in total. The molecule has 1 aliphatic heterocycles. The highest BCUT2D eigenvalue weighted by atomic mass is 19.3. The molecule has 1 fully saturated rings. The Morgan fingerprint density at radius 1 is 0.900 bits per heavy atom. The number of carbonyl (C=O) groups excluding carboxylic acids is 2. The summed E-state index contributed by atoms with van der Waals surface area (Å²) in [6.07, 6.45) is 0. The lowest BCUT2D eigenvalue weighted by atomic mass is 10.0. The fourth-order valence-corrected chi connectivity index (χ4v) is 3.90. The van der Waals surface area contributed by atoms with Gasteiger partial charge in [-0.1, -0.05) is 54.6 Å². The van der Waals surface area contributed by atoms with E-state index in [1.165, 1.54) is 17.0 Å². The molecule has 0 aliphatic carbocycles. The summed E-state index contributed by atoms with van der Waals surface area (Å²) in [5, 5.41) is 1.50. The molecule has 1 heterocycles. The topological polar surface area (TPSA) is 40.6 Å². The van der Waals surface area contributed by atoms with Crippen LogP contribution in [-0.2, 0) is 10.7 Å². The second-order valence-corrected chi connectivity index (χ2v) is 7.60. The number of hydrogen-bond donors (Lipinski definition) is 0. The van der Waals surface area contributed by atoms with E-state index in [9.17, 15) is 9.59 Å². The van der Waals surface area contributed by atoms with Crippen LogP contribution in [0, 0.1) is 0 Å². The van der Waals surface area contributed by atoms with Crippen LogP contribution in [0.4, 0.5) is 8.78 Å². The molecule has 154 valence electrons. The van der Waals surface area contributed by atoms with Gasteiger partial charge in [-0.25, -0.2) is 0 Å². The van der Waals surface area contributed by atoms with E-state index in [4.69, 9.17) is 0 Å². The number of benzene rings is 3. The van der Waals surface area contributed by atoms with Crippen molar-refractivity contribution in [3.8, 4) is 0 Å². The van der Waals surface area contributed by atoms with Crippen molar-refractivity contribution in [1.29, 1.82) is 0 Å². The standard InChI is InChI=1S/C24H22F2N2O2/c1-17-16-27(22(29)19-8-3-2-4-9-19)13-14-28(17)23(30)24(25,26)21-12-11-18-7-5-6-10-20(18)15-21/h2-12,15,17H,13-14,16H2,1H3. The van der Waals surface area contributed by atoms with E-state index in [0.29, 0.717) is 10.9 Å². The van der Waals surface area contributed by atoms with Crippen molar-refractivity contribution in [2.24, 2.45) is 0 Å². The van der Waals surface area contributed by atoms with E-state index in [0.717, 1.165) is 5.39 Å². The number of nitrogens with zero attached hydrogens (tertiary/aromatic N) is 2. The summed E-state index contributed by atoms with van der Waals surface area (Å²) in [6.45, 7) is 2.20. The predicted octanol–water partition coefficient (Wildman–Crippen LogP) is 4.30. The Kier molecular flexibility index (Phi) is 5.24. The van der Waals surface area contributed by atoms with Crippen LogP contribution < -0.4 is 0 Å². The molecular weight excluding hydrogens is 386 g/mol. The van der Waals surface area contributed by atoms with Crippen LogP contribution in [0.15, 0.2) is 72.8 Å². The Balaban J connectivity index is 1.51. The predicted molar refractivity (Wildman–Crippen MR) is 111 cm³/mol. The molecule has 0 spiro atoms. The minimum Gasteiger partial charge on any atom is -0.335 e. The normalized spacial score (nSPS) is 17.2. The highest BCUT2D eigenvalue weighted by molar-refractivity contribution is 5.94. The van der Waals surface area contributed by atoms with Gasteiger partial charge in [-0.15, -0.1) is 0 Å². The van der Waals surface area contributed by atoms with E-state index in [-0.39, 0.29) is 31.1 Å². The third-order valence-electron chi connectivity index (χ3n) is 5.58. The number of carbonyl (C=O) groups is 2. The van der Waals surface area contributed by atoms with E-state index >= 15 is 8.78 Å². The third kappa shape index (κ3) is 3.65. The Bertz CT molecular complexity index is 1080. The van der Waals surface area contributed by atoms with Gasteiger partial charge in [0.2, 0.25) is 0 Å². The number of rotatable bonds is 3. The maximum absolute atomic E-state index is 15.1. The molecule has 0 saturated carbocycles. The molecule has 2 amide bonds. The molecule has 1 saturated heterocycles. The first-order chi connectivity index (χ1) is 14.4. The van der Waals surface area contributed by atoms with Gasteiger partial charge in [0.25, 0.3) is 11.8 Å². The van der Waals surface area contributed by atoms with Gasteiger partial charge in [-0.2, -0.15) is 8.78 Å². The minimum absolute atomic E-state index is 0.0712. The average Bonchev–Trinajstić information content (AvgIpc) is 2.78. The summed E-state index contributed by atoms with van der Waals surface area (Å²) in [4.78, 5) is 28.2. The zero-order valence-electron chi connectivity index (χ0n) is 16.6. The van der Waals surface area contributed by atoms with Gasteiger partial charge in [-0.3, -0.25) is 9.59 Å². The van der Waals surface area contributed by atoms with E-state index in [1.54, 1.807) is 54.3 Å². The quantitative estimate of drug-likeness (QED) is 0.648. The largest absolute Gasteiger partial charge is 0.349 e. The zero-order chi connectivity index (χ0) is 21.3. The molecule has 1 aliphatic rings. The van der Waals surface area contributed by atoms with Crippen LogP contribution in [0.3, 0.4) is 0 Å². The lowest BCUT2D eigenvalue weighted by Gasteiger charge is -2.41. The molecule has 1 atom stereocenters. The van der Waals surface area contributed by atoms with Crippen LogP contribution in [0.1, 0.15) is 22.8 Å². The fraction of sp³-hybridized carbons (Fsp3) is 0.250. The highest BCUT2D eigenvalue weighted by Crippen LogP contribution is 2.33. The Morgan fingerprint density at radius 3 is 2.27 bits per heavy atom. The third-order valence-corrected chi connectivity index (χ3v) is 5.58. The molecule has 3 aromatic rings. The maximum atomic E-state index is 15.1. The molecule has 0 radical (unpaired) electrons. The zero-order valence-corrected chi connectivity index (χ0v) is 16.6. The lowest BCUT2D eigenvalue weighted by Crippen LogP contribution is -2.58. The summed E-state index contributed by atoms with van der Waals surface area (Å²) in [5.74, 6) is -5.02. The van der Waals surface area contributed by atoms with Crippen molar-refractivity contribution in [2.75, 3.05) is 19.6 Å². The first-order valence-electron chi connectivity index (χ1n) is 9.90. The second-order valence-electron chi connectivity index (χ2n) is 7.60. The monoisotopic (exact) mass is 408 g/mol. The van der Waals surface area contributed by atoms with Gasteiger partial charge in [0.05, 0.1) is 0 Å². The molecule has 0 aromatic heterocycles. The lowest BCUT2D eigenvalue weighted by molar-refractivity contribution is -0.163. The first-order valence-corrected chi connectivity index (χ1v) is 9.90. The minimum atomic E-state index is -3.64. The molecule has 3 aromatic carbocycles. The van der Waals surface area contributed by atoms with Crippen LogP contribution in [-0.4, -0.2) is 47.3 Å². The maximum Gasteiger partial charge on any atom is 0.349 e. The highest BCUT2D eigenvalue weighted by Gasteiger charge is 2.46. The molecule has 0 N–H and O–H groups in total. The van der Waals surface area contributed by atoms with Gasteiger partial charge in [0.1, 0.15) is 0 Å². The first kappa shape index (κ1) is 20.0. The van der Waals surface area contributed by atoms with Crippen LogP contribution in [0.5, 0.6) is 0 Å². The average molecular weight is 408 g/mol. The second kappa shape index (κ2) is 7.86. The summed E-state index contributed by atoms with van der Waals surface area (Å²) in [7, 11) is 0. The number of halogens is 2. The van der Waals surface area contributed by atoms with Crippen LogP contribution >= 0.6 is 0 Å². The number of alkyl halides is 2. The smallest absolute Gasteiger partial charge is 0.335 e. The summed E-state index contributed by atoms with van der Waals surface area (Å²) >= 11 is 0. The summed E-state index contributed by atoms with van der Waals surface area (Å²) < 4.78 is 30.2. The SMILES string of the molecule is CC1CN(C(=O)c2ccccc2)CCN1C(=O)C(F)(F)c1ccc2ccccc2c1. The Morgan fingerprint density at radius 2 is 1.57 bits per heavy atom. The molecular formula is C24H22F2N2O2. The molecule has 6 heteroatoms. The van der Waals surface area contributed by atoms with Gasteiger partial charge in [-0.05, 0) is 35.9 Å². The van der Waals surface area contributed by atoms with Crippen molar-refractivity contribution in [1.82, 2.24) is 9.80 Å². The van der Waals surface area contributed by atoms with Gasteiger partial charge >= 0.3 is 5.92 Å². The van der Waals surface area contributed by atoms with Crippen molar-refractivity contribution in [3.63, 3.8) is 0 Å².